The third-order valence-electron chi connectivity index (χ3n) is 12.5. The van der Waals surface area contributed by atoms with Crippen LogP contribution in [0.4, 0.5) is 0 Å². The fourth-order valence-corrected chi connectivity index (χ4v) is 10.3. The highest BCUT2D eigenvalue weighted by molar-refractivity contribution is 7.25. The molecular formula is C60H37N7S. The predicted octanol–water partition coefficient (Wildman–Crippen LogP) is 15.2. The highest BCUT2D eigenvalue weighted by atomic mass is 32.1. The number of rotatable bonds is 8. The molecule has 0 aliphatic rings. The van der Waals surface area contributed by atoms with E-state index in [-0.39, 0.29) is 0 Å². The molecule has 7 nitrogen and oxygen atoms in total. The van der Waals surface area contributed by atoms with Crippen molar-refractivity contribution in [1.29, 1.82) is 0 Å². The van der Waals surface area contributed by atoms with Crippen molar-refractivity contribution in [2.45, 2.75) is 0 Å². The zero-order valence-corrected chi connectivity index (χ0v) is 37.2. The Morgan fingerprint density at radius 1 is 0.265 bits per heavy atom. The third kappa shape index (κ3) is 6.99. The molecule has 0 unspecified atom stereocenters. The van der Waals surface area contributed by atoms with Gasteiger partial charge in [0.25, 0.3) is 0 Å². The third-order valence-corrected chi connectivity index (χ3v) is 13.7. The smallest absolute Gasteiger partial charge is 0.166 e. The van der Waals surface area contributed by atoms with Gasteiger partial charge < -0.3 is 4.57 Å². The fourth-order valence-electron chi connectivity index (χ4n) is 9.23. The van der Waals surface area contributed by atoms with Crippen LogP contribution in [0.15, 0.2) is 224 Å². The first-order valence-electron chi connectivity index (χ1n) is 22.5. The van der Waals surface area contributed by atoms with Crippen LogP contribution in [0.2, 0.25) is 0 Å². The SMILES string of the molecule is c1ccc(-c2nc(-c3ccccc3)nc(-c3ccc4c5ccccc5n(-c5ccc(-c6ccc7sc8ccccc8c7c6)cc5-c5nc(-c6ccccc6)nc(-c6ccccc6)n5)c4c3)n2)cc1. The number of nitrogens with zero attached hydrogens (tertiary/aromatic N) is 7. The summed E-state index contributed by atoms with van der Waals surface area (Å²) in [6.07, 6.45) is 0. The van der Waals surface area contributed by atoms with Gasteiger partial charge in [0.05, 0.1) is 16.7 Å². The fraction of sp³-hybridized carbons (Fsp3) is 0. The minimum Gasteiger partial charge on any atom is -0.308 e. The number of thiophene rings is 1. The molecule has 0 bridgehead atoms. The first-order valence-corrected chi connectivity index (χ1v) is 23.3. The molecule has 0 atom stereocenters. The van der Waals surface area contributed by atoms with Gasteiger partial charge in [0.15, 0.2) is 34.9 Å². The average molecular weight is 888 g/mol. The summed E-state index contributed by atoms with van der Waals surface area (Å²) >= 11 is 1.82. The zero-order chi connectivity index (χ0) is 45.0. The van der Waals surface area contributed by atoms with Crippen LogP contribution in [-0.4, -0.2) is 34.5 Å². The Balaban J connectivity index is 1.07. The summed E-state index contributed by atoms with van der Waals surface area (Å²) in [5, 5.41) is 4.72. The normalized spacial score (nSPS) is 11.5. The van der Waals surface area contributed by atoms with Gasteiger partial charge in [-0.25, -0.2) is 29.9 Å². The van der Waals surface area contributed by atoms with Crippen LogP contribution < -0.4 is 0 Å². The molecule has 0 N–H and O–H groups in total. The number of hydrogen-bond acceptors (Lipinski definition) is 7. The lowest BCUT2D eigenvalue weighted by atomic mass is 9.99. The van der Waals surface area contributed by atoms with Crippen LogP contribution in [0.5, 0.6) is 0 Å². The van der Waals surface area contributed by atoms with Crippen molar-refractivity contribution < 1.29 is 0 Å². The molecule has 0 amide bonds. The van der Waals surface area contributed by atoms with E-state index in [9.17, 15) is 0 Å². The summed E-state index contributed by atoms with van der Waals surface area (Å²) in [5.41, 5.74) is 10.5. The Kier molecular flexibility index (Phi) is 9.54. The molecule has 0 aliphatic carbocycles. The molecule has 68 heavy (non-hydrogen) atoms. The lowest BCUT2D eigenvalue weighted by molar-refractivity contribution is 1.06. The summed E-state index contributed by atoms with van der Waals surface area (Å²) in [7, 11) is 0. The van der Waals surface area contributed by atoms with Gasteiger partial charge in [-0.05, 0) is 53.6 Å². The topological polar surface area (TPSA) is 82.3 Å². The van der Waals surface area contributed by atoms with E-state index in [0.29, 0.717) is 34.9 Å². The van der Waals surface area contributed by atoms with Gasteiger partial charge in [0.2, 0.25) is 0 Å². The zero-order valence-electron chi connectivity index (χ0n) is 36.4. The quantitative estimate of drug-likeness (QED) is 0.151. The molecule has 0 radical (unpaired) electrons. The van der Waals surface area contributed by atoms with E-state index in [0.717, 1.165) is 72.0 Å². The molecular weight excluding hydrogens is 851 g/mol. The molecule has 318 valence electrons. The minimum absolute atomic E-state index is 0.566. The maximum absolute atomic E-state index is 5.33. The molecule has 4 heterocycles. The molecule has 13 rings (SSSR count). The van der Waals surface area contributed by atoms with Gasteiger partial charge in [0.1, 0.15) is 0 Å². The minimum atomic E-state index is 0.566. The molecule has 0 saturated heterocycles. The van der Waals surface area contributed by atoms with Crippen molar-refractivity contribution >= 4 is 53.3 Å². The van der Waals surface area contributed by atoms with E-state index in [1.165, 1.54) is 20.2 Å². The second-order valence-corrected chi connectivity index (χ2v) is 17.8. The predicted molar refractivity (Wildman–Crippen MR) is 278 cm³/mol. The number of hydrogen-bond donors (Lipinski definition) is 0. The lowest BCUT2D eigenvalue weighted by Crippen LogP contribution is -2.04. The summed E-state index contributed by atoms with van der Waals surface area (Å²) < 4.78 is 4.88. The first kappa shape index (κ1) is 39.4. The number of fused-ring (bicyclic) bond motifs is 6. The first-order chi connectivity index (χ1) is 33.7. The maximum atomic E-state index is 5.33. The van der Waals surface area contributed by atoms with Crippen LogP contribution >= 0.6 is 11.3 Å². The van der Waals surface area contributed by atoms with Crippen LogP contribution in [0.1, 0.15) is 0 Å². The second kappa shape index (κ2) is 16.5. The Morgan fingerprint density at radius 3 is 1.28 bits per heavy atom. The maximum Gasteiger partial charge on any atom is 0.166 e. The average Bonchev–Trinajstić information content (AvgIpc) is 3.96. The van der Waals surface area contributed by atoms with Crippen LogP contribution in [0.25, 0.3) is 127 Å². The van der Waals surface area contributed by atoms with E-state index < -0.39 is 0 Å². The summed E-state index contributed by atoms with van der Waals surface area (Å²) in [6.45, 7) is 0. The molecule has 0 saturated carbocycles. The molecule has 9 aromatic carbocycles. The van der Waals surface area contributed by atoms with Crippen molar-refractivity contribution in [2.24, 2.45) is 0 Å². The Morgan fingerprint density at radius 2 is 0.691 bits per heavy atom. The molecule has 13 aromatic rings. The van der Waals surface area contributed by atoms with Crippen LogP contribution in [0, 0.1) is 0 Å². The van der Waals surface area contributed by atoms with Gasteiger partial charge in [-0.2, -0.15) is 0 Å². The van der Waals surface area contributed by atoms with Gasteiger partial charge in [-0.1, -0.05) is 182 Å². The Hall–Kier alpha value is -8.98. The molecule has 8 heteroatoms. The summed E-state index contributed by atoms with van der Waals surface area (Å²) in [4.78, 5) is 31.0. The largest absolute Gasteiger partial charge is 0.308 e. The second-order valence-electron chi connectivity index (χ2n) is 16.7. The molecule has 4 aromatic heterocycles. The van der Waals surface area contributed by atoms with Crippen molar-refractivity contribution in [3.63, 3.8) is 0 Å². The highest BCUT2D eigenvalue weighted by Crippen LogP contribution is 2.41. The van der Waals surface area contributed by atoms with Gasteiger partial charge >= 0.3 is 0 Å². The van der Waals surface area contributed by atoms with Crippen molar-refractivity contribution in [1.82, 2.24) is 34.5 Å². The standard InChI is InChI=1S/C60H37N7S/c1-5-17-38(18-6-1)55-61-56(39-19-7-2-8-20-39)64-59(63-55)44-29-32-46-45-25-13-15-27-50(45)67(52(46)37-44)51-33-30-42(43-31-34-54-48(35-43)47-26-14-16-28-53(47)68-54)36-49(51)60-65-57(40-21-9-3-10-22-40)62-58(66-60)41-23-11-4-12-24-41/h1-37H. The van der Waals surface area contributed by atoms with Gasteiger partial charge in [-0.15, -0.1) is 11.3 Å². The van der Waals surface area contributed by atoms with Crippen LogP contribution in [0.3, 0.4) is 0 Å². The van der Waals surface area contributed by atoms with Gasteiger partial charge in [-0.3, -0.25) is 0 Å². The summed E-state index contributed by atoms with van der Waals surface area (Å²) in [5.74, 6) is 3.57. The lowest BCUT2D eigenvalue weighted by Gasteiger charge is -2.17. The van der Waals surface area contributed by atoms with E-state index >= 15 is 0 Å². The van der Waals surface area contributed by atoms with E-state index in [1.807, 2.05) is 133 Å². The molecule has 0 spiro atoms. The molecule has 0 aliphatic heterocycles. The van der Waals surface area contributed by atoms with Gasteiger partial charge in [0, 0.05) is 64.3 Å². The van der Waals surface area contributed by atoms with Crippen molar-refractivity contribution in [3.8, 4) is 85.1 Å². The number of para-hydroxylation sites is 1. The monoisotopic (exact) mass is 887 g/mol. The Labute approximate surface area is 395 Å². The molecule has 0 fully saturated rings. The number of aromatic nitrogens is 7. The van der Waals surface area contributed by atoms with E-state index in [1.54, 1.807) is 0 Å². The number of benzene rings is 9. The Bertz CT molecular complexity index is 3900. The summed E-state index contributed by atoms with van der Waals surface area (Å²) in [6, 6.07) is 77.7. The van der Waals surface area contributed by atoms with E-state index in [4.69, 9.17) is 29.9 Å². The van der Waals surface area contributed by atoms with Crippen molar-refractivity contribution in [3.05, 3.63) is 224 Å². The highest BCUT2D eigenvalue weighted by Gasteiger charge is 2.22. The van der Waals surface area contributed by atoms with E-state index in [2.05, 4.69) is 108 Å². The van der Waals surface area contributed by atoms with Crippen LogP contribution in [-0.2, 0) is 0 Å². The van der Waals surface area contributed by atoms with Crippen molar-refractivity contribution in [2.75, 3.05) is 0 Å².